The van der Waals surface area contributed by atoms with E-state index in [4.69, 9.17) is 14.4 Å². The molecule has 6 aromatic rings. The van der Waals surface area contributed by atoms with E-state index in [0.717, 1.165) is 50.6 Å². The summed E-state index contributed by atoms with van der Waals surface area (Å²) in [4.78, 5) is 18.7. The zero-order valence-corrected chi connectivity index (χ0v) is 27.2. The summed E-state index contributed by atoms with van der Waals surface area (Å²) in [6, 6.07) is 28.0. The SMILES string of the molecule is Cc1cc(C)cc(N2c3ncc(CC4N(C)C=C[NH+]4c4c(C)ccc5c4oc4ccccc45)nc3N(c3ccccc3C)C2C)c1. The molecule has 0 aliphatic carbocycles. The van der Waals surface area contributed by atoms with Crippen molar-refractivity contribution >= 4 is 50.6 Å². The van der Waals surface area contributed by atoms with Crippen molar-refractivity contribution in [2.24, 2.45) is 0 Å². The van der Waals surface area contributed by atoms with Gasteiger partial charge in [0.1, 0.15) is 17.9 Å². The summed E-state index contributed by atoms with van der Waals surface area (Å²) < 4.78 is 6.51. The van der Waals surface area contributed by atoms with E-state index in [1.54, 1.807) is 0 Å². The predicted octanol–water partition coefficient (Wildman–Crippen LogP) is 7.75. The number of hydrogen-bond acceptors (Lipinski definition) is 6. The molecule has 46 heavy (non-hydrogen) atoms. The van der Waals surface area contributed by atoms with Crippen molar-refractivity contribution in [1.82, 2.24) is 14.9 Å². The first kappa shape index (κ1) is 28.3. The highest BCUT2D eigenvalue weighted by atomic mass is 16.3. The van der Waals surface area contributed by atoms with Crippen molar-refractivity contribution < 1.29 is 9.32 Å². The minimum Gasteiger partial charge on any atom is -0.450 e. The largest absolute Gasteiger partial charge is 0.450 e. The van der Waals surface area contributed by atoms with Crippen LogP contribution in [0.5, 0.6) is 0 Å². The van der Waals surface area contributed by atoms with E-state index >= 15 is 0 Å². The van der Waals surface area contributed by atoms with Gasteiger partial charge in [0.15, 0.2) is 29.1 Å². The van der Waals surface area contributed by atoms with Crippen LogP contribution in [0.1, 0.15) is 34.9 Å². The lowest BCUT2D eigenvalue weighted by molar-refractivity contribution is -0.809. The zero-order chi connectivity index (χ0) is 31.7. The lowest BCUT2D eigenvalue weighted by atomic mass is 10.1. The number of benzene rings is 4. The lowest BCUT2D eigenvalue weighted by Gasteiger charge is -2.30. The standard InChI is InChI=1S/C39H38N6O/c1-24-19-25(2)21-30(20-24)44-28(5)45(33-13-9-7-11-26(33)3)39-38(44)40-23-29(41-39)22-35-42(6)17-18-43(35)36-27(4)15-16-32-31-12-8-10-14-34(31)46-37(32)36/h7-21,23,28,35H,22H2,1-6H3/p+1. The second-order valence-corrected chi connectivity index (χ2v) is 12.9. The third-order valence-electron chi connectivity index (χ3n) is 9.63. The molecule has 2 aliphatic rings. The normalized spacial score (nSPS) is 19.2. The molecular weight excluding hydrogens is 568 g/mol. The van der Waals surface area contributed by atoms with E-state index in [1.165, 1.54) is 32.8 Å². The van der Waals surface area contributed by atoms with Crippen LogP contribution in [0, 0.1) is 27.7 Å². The number of likely N-dealkylation sites (N-methyl/N-ethyl adjacent to an activating group) is 1. The Hall–Kier alpha value is -5.14. The van der Waals surface area contributed by atoms with E-state index in [-0.39, 0.29) is 12.3 Å². The number of fused-ring (bicyclic) bond motifs is 4. The molecule has 7 nitrogen and oxygen atoms in total. The molecule has 0 fully saturated rings. The number of furan rings is 1. The Kier molecular flexibility index (Phi) is 6.62. The van der Waals surface area contributed by atoms with Gasteiger partial charge in [-0.25, -0.2) is 9.97 Å². The number of nitrogens with zero attached hydrogens (tertiary/aromatic N) is 5. The smallest absolute Gasteiger partial charge is 0.196 e. The number of anilines is 4. The Morgan fingerprint density at radius 3 is 2.37 bits per heavy atom. The maximum atomic E-state index is 6.51. The molecule has 3 unspecified atom stereocenters. The molecule has 7 heteroatoms. The molecule has 0 saturated heterocycles. The maximum Gasteiger partial charge on any atom is 0.196 e. The highest BCUT2D eigenvalue weighted by molar-refractivity contribution is 6.08. The van der Waals surface area contributed by atoms with Gasteiger partial charge in [-0.3, -0.25) is 4.90 Å². The van der Waals surface area contributed by atoms with Crippen molar-refractivity contribution in [2.45, 2.75) is 53.4 Å². The van der Waals surface area contributed by atoms with Gasteiger partial charge in [-0.1, -0.05) is 48.5 Å². The number of quaternary nitrogens is 1. The lowest BCUT2D eigenvalue weighted by Crippen LogP contribution is -3.07. The van der Waals surface area contributed by atoms with Crippen LogP contribution >= 0.6 is 0 Å². The minimum absolute atomic E-state index is 0.00108. The van der Waals surface area contributed by atoms with Gasteiger partial charge in [-0.2, -0.15) is 0 Å². The first-order chi connectivity index (χ1) is 22.3. The van der Waals surface area contributed by atoms with Gasteiger partial charge in [-0.15, -0.1) is 0 Å². The Labute approximate surface area is 270 Å². The fraction of sp³-hybridized carbons (Fsp3) is 0.231. The monoisotopic (exact) mass is 607 g/mol. The Bertz CT molecular complexity index is 2150. The average molecular weight is 608 g/mol. The van der Waals surface area contributed by atoms with Gasteiger partial charge in [0.05, 0.1) is 24.5 Å². The van der Waals surface area contributed by atoms with Gasteiger partial charge in [0.25, 0.3) is 0 Å². The van der Waals surface area contributed by atoms with Crippen molar-refractivity contribution in [3.8, 4) is 0 Å². The molecule has 230 valence electrons. The molecule has 4 heterocycles. The summed E-state index contributed by atoms with van der Waals surface area (Å²) >= 11 is 0. The summed E-state index contributed by atoms with van der Waals surface area (Å²) in [5.41, 5.74) is 11.2. The highest BCUT2D eigenvalue weighted by Gasteiger charge is 2.40. The molecule has 0 spiro atoms. The van der Waals surface area contributed by atoms with E-state index in [0.29, 0.717) is 6.42 Å². The summed E-state index contributed by atoms with van der Waals surface area (Å²) in [6.45, 7) is 10.9. The van der Waals surface area contributed by atoms with E-state index in [9.17, 15) is 0 Å². The van der Waals surface area contributed by atoms with E-state index in [1.807, 2.05) is 12.3 Å². The Morgan fingerprint density at radius 1 is 0.804 bits per heavy atom. The minimum atomic E-state index is -0.00108. The number of nitrogens with one attached hydrogen (secondary N) is 1. The van der Waals surface area contributed by atoms with Gasteiger partial charge in [0.2, 0.25) is 0 Å². The fourth-order valence-electron chi connectivity index (χ4n) is 7.46. The molecule has 0 bridgehead atoms. The van der Waals surface area contributed by atoms with Crippen LogP contribution in [0.25, 0.3) is 21.9 Å². The summed E-state index contributed by atoms with van der Waals surface area (Å²) in [7, 11) is 2.15. The van der Waals surface area contributed by atoms with Crippen molar-refractivity contribution in [3.05, 3.63) is 125 Å². The third kappa shape index (κ3) is 4.45. The molecule has 1 N–H and O–H groups in total. The van der Waals surface area contributed by atoms with Gasteiger partial charge in [-0.05, 0) is 81.6 Å². The van der Waals surface area contributed by atoms with Crippen LogP contribution in [-0.4, -0.2) is 34.2 Å². The zero-order valence-electron chi connectivity index (χ0n) is 27.2. The van der Waals surface area contributed by atoms with Crippen LogP contribution in [0.15, 0.2) is 102 Å². The maximum absolute atomic E-state index is 6.51. The molecule has 0 saturated carbocycles. The quantitative estimate of drug-likeness (QED) is 0.216. The van der Waals surface area contributed by atoms with Crippen LogP contribution in [0.2, 0.25) is 0 Å². The van der Waals surface area contributed by atoms with Crippen molar-refractivity contribution in [1.29, 1.82) is 0 Å². The van der Waals surface area contributed by atoms with Crippen LogP contribution in [-0.2, 0) is 6.42 Å². The summed E-state index contributed by atoms with van der Waals surface area (Å²) in [5.74, 6) is 1.78. The predicted molar refractivity (Wildman–Crippen MR) is 186 cm³/mol. The number of para-hydroxylation sites is 2. The molecule has 0 radical (unpaired) electrons. The second kappa shape index (κ2) is 10.7. The number of rotatable bonds is 5. The molecule has 2 aliphatic heterocycles. The fourth-order valence-corrected chi connectivity index (χ4v) is 7.46. The number of hydrogen-bond donors (Lipinski definition) is 1. The first-order valence-electron chi connectivity index (χ1n) is 16.0. The summed E-state index contributed by atoms with van der Waals surface area (Å²) in [5, 5.41) is 2.30. The van der Waals surface area contributed by atoms with Crippen molar-refractivity contribution in [3.63, 3.8) is 0 Å². The molecule has 8 rings (SSSR count). The van der Waals surface area contributed by atoms with Gasteiger partial charge in [0, 0.05) is 34.8 Å². The molecule has 0 amide bonds. The Morgan fingerprint density at radius 2 is 1.57 bits per heavy atom. The molecule has 3 atom stereocenters. The van der Waals surface area contributed by atoms with E-state index < -0.39 is 0 Å². The highest BCUT2D eigenvalue weighted by Crippen LogP contribution is 2.46. The molecule has 4 aromatic carbocycles. The van der Waals surface area contributed by atoms with Crippen LogP contribution in [0.4, 0.5) is 28.7 Å². The van der Waals surface area contributed by atoms with Crippen LogP contribution in [0.3, 0.4) is 0 Å². The second-order valence-electron chi connectivity index (χ2n) is 12.9. The van der Waals surface area contributed by atoms with Crippen molar-refractivity contribution in [2.75, 3.05) is 16.8 Å². The first-order valence-corrected chi connectivity index (χ1v) is 16.0. The van der Waals surface area contributed by atoms with Gasteiger partial charge < -0.3 is 19.1 Å². The number of aromatic nitrogens is 2. The van der Waals surface area contributed by atoms with Gasteiger partial charge >= 0.3 is 0 Å². The Balaban J connectivity index is 1.21. The number of aryl methyl sites for hydroxylation is 4. The van der Waals surface area contributed by atoms with Crippen LogP contribution < -0.4 is 14.7 Å². The van der Waals surface area contributed by atoms with E-state index in [2.05, 4.69) is 142 Å². The average Bonchev–Trinajstić information content (AvgIpc) is 3.67. The molecular formula is C39H39N6O+. The molecule has 2 aromatic heterocycles. The summed E-state index contributed by atoms with van der Waals surface area (Å²) in [6.07, 6.45) is 7.19. The topological polar surface area (TPSA) is 53.1 Å². The third-order valence-corrected chi connectivity index (χ3v) is 9.63.